The number of aryl methyl sites for hydroxylation is 1. The van der Waals surface area contributed by atoms with E-state index in [2.05, 4.69) is 36.4 Å². The van der Waals surface area contributed by atoms with Gasteiger partial charge in [0.2, 0.25) is 0 Å². The molecule has 4 heteroatoms. The maximum atomic E-state index is 12.6. The Morgan fingerprint density at radius 3 is 2.79 bits per heavy atom. The van der Waals surface area contributed by atoms with E-state index in [-0.39, 0.29) is 16.7 Å². The minimum absolute atomic E-state index is 0.0231. The summed E-state index contributed by atoms with van der Waals surface area (Å²) in [5.74, 6) is 0.129. The molecule has 1 unspecified atom stereocenters. The van der Waals surface area contributed by atoms with Crippen molar-refractivity contribution in [1.82, 2.24) is 4.90 Å². The van der Waals surface area contributed by atoms with E-state index < -0.39 is 0 Å². The highest BCUT2D eigenvalue weighted by molar-refractivity contribution is 14.1. The first kappa shape index (κ1) is 15.1. The summed E-state index contributed by atoms with van der Waals surface area (Å²) in [6.45, 7) is 7.77. The van der Waals surface area contributed by atoms with Crippen molar-refractivity contribution in [2.75, 3.05) is 13.1 Å². The van der Waals surface area contributed by atoms with Crippen LogP contribution in [0.15, 0.2) is 18.2 Å². The Bertz CT molecular complexity index is 501. The van der Waals surface area contributed by atoms with E-state index in [1.807, 2.05) is 30.0 Å². The third kappa shape index (κ3) is 3.07. The Morgan fingerprint density at radius 2 is 2.16 bits per heavy atom. The highest BCUT2D eigenvalue weighted by atomic mass is 127. The van der Waals surface area contributed by atoms with E-state index >= 15 is 0 Å². The van der Waals surface area contributed by atoms with E-state index in [1.54, 1.807) is 0 Å². The maximum Gasteiger partial charge on any atom is 0.254 e. The predicted molar refractivity (Wildman–Crippen MR) is 87.8 cm³/mol. The SMILES string of the molecule is Cc1cccc(C(=O)N2CCC(Cl)C(C)(C)C2)c1I. The molecular weight excluding hydrogens is 373 g/mol. The fraction of sp³-hybridized carbons (Fsp3) is 0.533. The molecule has 1 saturated heterocycles. The average molecular weight is 392 g/mol. The summed E-state index contributed by atoms with van der Waals surface area (Å²) in [6.07, 6.45) is 0.864. The van der Waals surface area contributed by atoms with Gasteiger partial charge in [0.25, 0.3) is 5.91 Å². The minimum atomic E-state index is -0.0231. The van der Waals surface area contributed by atoms with Gasteiger partial charge in [-0.3, -0.25) is 4.79 Å². The molecule has 1 fully saturated rings. The first-order chi connectivity index (χ1) is 8.83. The third-order valence-corrected chi connectivity index (χ3v) is 6.05. The van der Waals surface area contributed by atoms with Crippen LogP contribution in [0.25, 0.3) is 0 Å². The molecule has 1 aromatic carbocycles. The zero-order valence-corrected chi connectivity index (χ0v) is 14.5. The molecule has 19 heavy (non-hydrogen) atoms. The van der Waals surface area contributed by atoms with Gasteiger partial charge >= 0.3 is 0 Å². The van der Waals surface area contributed by atoms with Gasteiger partial charge in [0, 0.05) is 22.0 Å². The molecule has 104 valence electrons. The van der Waals surface area contributed by atoms with Gasteiger partial charge in [-0.2, -0.15) is 0 Å². The van der Waals surface area contributed by atoms with Crippen molar-refractivity contribution in [1.29, 1.82) is 0 Å². The Hall–Kier alpha value is -0.290. The second kappa shape index (κ2) is 5.60. The van der Waals surface area contributed by atoms with Crippen molar-refractivity contribution in [2.45, 2.75) is 32.6 Å². The van der Waals surface area contributed by atoms with Crippen LogP contribution in [0.2, 0.25) is 0 Å². The number of nitrogens with zero attached hydrogens (tertiary/aromatic N) is 1. The average Bonchev–Trinajstić information content (AvgIpc) is 2.35. The van der Waals surface area contributed by atoms with Gasteiger partial charge in [-0.1, -0.05) is 26.0 Å². The van der Waals surface area contributed by atoms with Gasteiger partial charge in [-0.15, -0.1) is 11.6 Å². The summed E-state index contributed by atoms with van der Waals surface area (Å²) in [5, 5.41) is 0.146. The van der Waals surface area contributed by atoms with Crippen molar-refractivity contribution in [3.05, 3.63) is 32.9 Å². The smallest absolute Gasteiger partial charge is 0.254 e. The molecule has 1 heterocycles. The molecule has 1 aromatic rings. The number of carbonyl (C=O) groups is 1. The highest BCUT2D eigenvalue weighted by Crippen LogP contribution is 2.34. The van der Waals surface area contributed by atoms with Gasteiger partial charge in [0.05, 0.1) is 5.56 Å². The molecule has 2 nitrogen and oxygen atoms in total. The van der Waals surface area contributed by atoms with Crippen molar-refractivity contribution < 1.29 is 4.79 Å². The Balaban J connectivity index is 2.23. The fourth-order valence-corrected chi connectivity index (χ4v) is 3.24. The Kier molecular flexibility index (Phi) is 4.45. The lowest BCUT2D eigenvalue weighted by Gasteiger charge is -2.41. The summed E-state index contributed by atoms with van der Waals surface area (Å²) in [7, 11) is 0. The van der Waals surface area contributed by atoms with Crippen LogP contribution in [0.5, 0.6) is 0 Å². The number of hydrogen-bond acceptors (Lipinski definition) is 1. The molecule has 1 amide bonds. The van der Waals surface area contributed by atoms with E-state index in [1.165, 1.54) is 0 Å². The number of alkyl halides is 1. The van der Waals surface area contributed by atoms with Crippen LogP contribution in [-0.4, -0.2) is 29.3 Å². The summed E-state index contributed by atoms with van der Waals surface area (Å²) in [5.41, 5.74) is 1.94. The monoisotopic (exact) mass is 391 g/mol. The van der Waals surface area contributed by atoms with Gasteiger partial charge in [-0.05, 0) is 53.0 Å². The lowest BCUT2D eigenvalue weighted by atomic mass is 9.83. The zero-order valence-electron chi connectivity index (χ0n) is 11.5. The van der Waals surface area contributed by atoms with Crippen LogP contribution in [0.4, 0.5) is 0 Å². The van der Waals surface area contributed by atoms with E-state index in [0.29, 0.717) is 0 Å². The lowest BCUT2D eigenvalue weighted by molar-refractivity contribution is 0.0592. The first-order valence-corrected chi connectivity index (χ1v) is 8.03. The number of benzene rings is 1. The number of piperidine rings is 1. The van der Waals surface area contributed by atoms with Crippen LogP contribution >= 0.6 is 34.2 Å². The van der Waals surface area contributed by atoms with Crippen LogP contribution in [0.1, 0.15) is 36.2 Å². The van der Waals surface area contributed by atoms with Gasteiger partial charge in [-0.25, -0.2) is 0 Å². The van der Waals surface area contributed by atoms with E-state index in [4.69, 9.17) is 11.6 Å². The number of likely N-dealkylation sites (tertiary alicyclic amines) is 1. The predicted octanol–water partition coefficient (Wildman–Crippen LogP) is 4.08. The highest BCUT2D eigenvalue weighted by Gasteiger charge is 2.36. The van der Waals surface area contributed by atoms with Crippen LogP contribution in [0.3, 0.4) is 0 Å². The third-order valence-electron chi connectivity index (χ3n) is 3.81. The number of amides is 1. The molecule has 0 bridgehead atoms. The van der Waals surface area contributed by atoms with Gasteiger partial charge in [0.1, 0.15) is 0 Å². The molecule has 1 atom stereocenters. The van der Waals surface area contributed by atoms with Crippen LogP contribution in [-0.2, 0) is 0 Å². The topological polar surface area (TPSA) is 20.3 Å². The van der Waals surface area contributed by atoms with Gasteiger partial charge in [0.15, 0.2) is 0 Å². The second-order valence-electron chi connectivity index (χ2n) is 5.91. The molecule has 0 aromatic heterocycles. The van der Waals surface area contributed by atoms with E-state index in [9.17, 15) is 4.79 Å². The fourth-order valence-electron chi connectivity index (χ4n) is 2.49. The molecule has 0 radical (unpaired) electrons. The molecule has 2 rings (SSSR count). The van der Waals surface area contributed by atoms with Crippen LogP contribution in [0, 0.1) is 15.9 Å². The van der Waals surface area contributed by atoms with Gasteiger partial charge < -0.3 is 4.90 Å². The number of halogens is 2. The molecule has 0 spiro atoms. The molecule has 0 aliphatic carbocycles. The summed E-state index contributed by atoms with van der Waals surface area (Å²) in [6, 6.07) is 5.90. The quantitative estimate of drug-likeness (QED) is 0.522. The van der Waals surface area contributed by atoms with Crippen molar-refractivity contribution in [2.24, 2.45) is 5.41 Å². The Labute approximate surface area is 133 Å². The van der Waals surface area contributed by atoms with Crippen molar-refractivity contribution >= 4 is 40.1 Å². The van der Waals surface area contributed by atoms with E-state index in [0.717, 1.165) is 34.2 Å². The molecule has 1 aliphatic rings. The maximum absolute atomic E-state index is 12.6. The normalized spacial score (nSPS) is 22.4. The number of rotatable bonds is 1. The zero-order chi connectivity index (χ0) is 14.2. The molecule has 1 aliphatic heterocycles. The lowest BCUT2D eigenvalue weighted by Crippen LogP contribution is -2.49. The molecule has 0 saturated carbocycles. The van der Waals surface area contributed by atoms with Crippen molar-refractivity contribution in [3.8, 4) is 0 Å². The van der Waals surface area contributed by atoms with Crippen LogP contribution < -0.4 is 0 Å². The first-order valence-electron chi connectivity index (χ1n) is 6.51. The summed E-state index contributed by atoms with van der Waals surface area (Å²) < 4.78 is 1.05. The largest absolute Gasteiger partial charge is 0.338 e. The summed E-state index contributed by atoms with van der Waals surface area (Å²) >= 11 is 8.60. The number of carbonyl (C=O) groups excluding carboxylic acids is 1. The number of hydrogen-bond donors (Lipinski definition) is 0. The minimum Gasteiger partial charge on any atom is -0.338 e. The second-order valence-corrected chi connectivity index (χ2v) is 7.51. The standard InChI is InChI=1S/C15H19ClINO/c1-10-5-4-6-11(13(10)17)14(19)18-8-7-12(16)15(2,3)9-18/h4-6,12H,7-9H2,1-3H3. The Morgan fingerprint density at radius 1 is 1.47 bits per heavy atom. The molecule has 0 N–H and O–H groups in total. The summed E-state index contributed by atoms with van der Waals surface area (Å²) in [4.78, 5) is 14.6. The molecular formula is C15H19ClINO. The van der Waals surface area contributed by atoms with Crippen molar-refractivity contribution in [3.63, 3.8) is 0 Å².